The summed E-state index contributed by atoms with van der Waals surface area (Å²) in [6.07, 6.45) is 0.00293. The van der Waals surface area contributed by atoms with Crippen LogP contribution in [0.1, 0.15) is 6.42 Å². The molecule has 0 aliphatic rings. The largest absolute Gasteiger partial charge is 0.481 e. The molecule has 0 radical (unpaired) electrons. The smallest absolute Gasteiger partial charge is 0.305 e. The Labute approximate surface area is 89.1 Å². The van der Waals surface area contributed by atoms with Gasteiger partial charge in [-0.15, -0.1) is 0 Å². The van der Waals surface area contributed by atoms with Gasteiger partial charge in [-0.05, 0) is 34.1 Å². The normalized spacial score (nSPS) is 9.86. The van der Waals surface area contributed by atoms with Crippen molar-refractivity contribution in [1.82, 2.24) is 0 Å². The van der Waals surface area contributed by atoms with Crippen LogP contribution in [0, 0.1) is 5.82 Å². The van der Waals surface area contributed by atoms with Crippen LogP contribution in [0.15, 0.2) is 22.7 Å². The van der Waals surface area contributed by atoms with Gasteiger partial charge >= 0.3 is 5.97 Å². The number of anilines is 1. The van der Waals surface area contributed by atoms with E-state index in [0.717, 1.165) is 0 Å². The van der Waals surface area contributed by atoms with Gasteiger partial charge in [-0.2, -0.15) is 0 Å². The third-order valence-electron chi connectivity index (χ3n) is 1.58. The van der Waals surface area contributed by atoms with Gasteiger partial charge in [0, 0.05) is 11.0 Å². The van der Waals surface area contributed by atoms with Gasteiger partial charge in [-0.3, -0.25) is 4.79 Å². The maximum Gasteiger partial charge on any atom is 0.305 e. The van der Waals surface area contributed by atoms with Crippen LogP contribution in [-0.2, 0) is 4.79 Å². The van der Waals surface area contributed by atoms with E-state index in [1.807, 2.05) is 0 Å². The van der Waals surface area contributed by atoms with Crippen LogP contribution in [0.3, 0.4) is 0 Å². The molecule has 0 saturated heterocycles. The highest BCUT2D eigenvalue weighted by molar-refractivity contribution is 9.10. The molecule has 5 heteroatoms. The Kier molecular flexibility index (Phi) is 3.88. The van der Waals surface area contributed by atoms with Crippen molar-refractivity contribution in [2.75, 3.05) is 11.9 Å². The summed E-state index contributed by atoms with van der Waals surface area (Å²) in [5.41, 5.74) is 0.561. The number of hydrogen-bond donors (Lipinski definition) is 2. The summed E-state index contributed by atoms with van der Waals surface area (Å²) in [4.78, 5) is 10.2. The first kappa shape index (κ1) is 11.0. The molecule has 0 unspecified atom stereocenters. The lowest BCUT2D eigenvalue weighted by molar-refractivity contribution is -0.136. The maximum absolute atomic E-state index is 12.8. The highest BCUT2D eigenvalue weighted by Crippen LogP contribution is 2.22. The van der Waals surface area contributed by atoms with Gasteiger partial charge in [0.15, 0.2) is 0 Å². The van der Waals surface area contributed by atoms with Crippen molar-refractivity contribution < 1.29 is 14.3 Å². The maximum atomic E-state index is 12.8. The van der Waals surface area contributed by atoms with E-state index in [2.05, 4.69) is 21.2 Å². The van der Waals surface area contributed by atoms with E-state index in [4.69, 9.17) is 5.11 Å². The monoisotopic (exact) mass is 261 g/mol. The van der Waals surface area contributed by atoms with Crippen LogP contribution in [0.4, 0.5) is 10.1 Å². The fourth-order valence-electron chi connectivity index (χ4n) is 0.937. The number of nitrogens with one attached hydrogen (secondary N) is 1. The molecule has 0 aliphatic heterocycles. The molecule has 76 valence electrons. The Hall–Kier alpha value is -1.10. The molecule has 0 bridgehead atoms. The number of benzene rings is 1. The molecule has 0 atom stereocenters. The van der Waals surface area contributed by atoms with Crippen LogP contribution in [0.25, 0.3) is 0 Å². The van der Waals surface area contributed by atoms with Crippen molar-refractivity contribution in [3.8, 4) is 0 Å². The van der Waals surface area contributed by atoms with Crippen LogP contribution in [0.5, 0.6) is 0 Å². The predicted octanol–water partition coefficient (Wildman–Crippen LogP) is 2.47. The van der Waals surface area contributed by atoms with Gasteiger partial charge in [-0.1, -0.05) is 0 Å². The average Bonchev–Trinajstić information content (AvgIpc) is 2.10. The molecule has 0 spiro atoms. The summed E-state index contributed by atoms with van der Waals surface area (Å²) >= 11 is 3.22. The Bertz CT molecular complexity index is 344. The molecule has 0 amide bonds. The van der Waals surface area contributed by atoms with Crippen molar-refractivity contribution >= 4 is 27.6 Å². The standard InChI is InChI=1S/C9H9BrFNO2/c10-7-2-1-6(11)5-8(7)12-4-3-9(13)14/h1-2,5,12H,3-4H2,(H,13,14). The number of aliphatic carboxylic acids is 1. The fourth-order valence-corrected chi connectivity index (χ4v) is 1.32. The lowest BCUT2D eigenvalue weighted by Crippen LogP contribution is -2.07. The number of halogens is 2. The molecule has 2 N–H and O–H groups in total. The Balaban J connectivity index is 2.57. The zero-order valence-corrected chi connectivity index (χ0v) is 8.84. The summed E-state index contributed by atoms with van der Waals surface area (Å²) in [7, 11) is 0. The lowest BCUT2D eigenvalue weighted by atomic mass is 10.3. The van der Waals surface area contributed by atoms with Crippen LogP contribution >= 0.6 is 15.9 Å². The first-order valence-corrected chi connectivity index (χ1v) is 4.79. The Morgan fingerprint density at radius 3 is 2.93 bits per heavy atom. The average molecular weight is 262 g/mol. The molecule has 0 saturated carbocycles. The van der Waals surface area contributed by atoms with Crippen molar-refractivity contribution in [3.05, 3.63) is 28.5 Å². The van der Waals surface area contributed by atoms with Gasteiger partial charge in [0.2, 0.25) is 0 Å². The van der Waals surface area contributed by atoms with E-state index >= 15 is 0 Å². The Morgan fingerprint density at radius 2 is 2.29 bits per heavy atom. The summed E-state index contributed by atoms with van der Waals surface area (Å²) < 4.78 is 13.5. The topological polar surface area (TPSA) is 49.3 Å². The summed E-state index contributed by atoms with van der Waals surface area (Å²) in [6, 6.07) is 4.21. The second-order valence-electron chi connectivity index (χ2n) is 2.69. The lowest BCUT2D eigenvalue weighted by Gasteiger charge is -2.06. The van der Waals surface area contributed by atoms with Gasteiger partial charge in [0.25, 0.3) is 0 Å². The van der Waals surface area contributed by atoms with Crippen molar-refractivity contribution in [2.45, 2.75) is 6.42 Å². The first-order chi connectivity index (χ1) is 6.59. The molecule has 0 aliphatic carbocycles. The second kappa shape index (κ2) is 4.95. The van der Waals surface area contributed by atoms with E-state index in [1.54, 1.807) is 6.07 Å². The van der Waals surface area contributed by atoms with Gasteiger partial charge < -0.3 is 10.4 Å². The Morgan fingerprint density at radius 1 is 1.57 bits per heavy atom. The molecule has 0 heterocycles. The van der Waals surface area contributed by atoms with Crippen LogP contribution < -0.4 is 5.32 Å². The number of rotatable bonds is 4. The van der Waals surface area contributed by atoms with E-state index in [0.29, 0.717) is 10.2 Å². The molecular weight excluding hydrogens is 253 g/mol. The highest BCUT2D eigenvalue weighted by Gasteiger charge is 2.02. The molecule has 3 nitrogen and oxygen atoms in total. The van der Waals surface area contributed by atoms with Gasteiger partial charge in [0.1, 0.15) is 5.82 Å². The number of carboxylic acids is 1. The molecule has 0 fully saturated rings. The number of hydrogen-bond acceptors (Lipinski definition) is 2. The zero-order chi connectivity index (χ0) is 10.6. The first-order valence-electron chi connectivity index (χ1n) is 4.00. The molecular formula is C9H9BrFNO2. The number of carbonyl (C=O) groups is 1. The molecule has 1 aromatic carbocycles. The van der Waals surface area contributed by atoms with E-state index in [9.17, 15) is 9.18 Å². The zero-order valence-electron chi connectivity index (χ0n) is 7.26. The van der Waals surface area contributed by atoms with Crippen LogP contribution in [0.2, 0.25) is 0 Å². The second-order valence-corrected chi connectivity index (χ2v) is 3.55. The van der Waals surface area contributed by atoms with Crippen molar-refractivity contribution in [2.24, 2.45) is 0 Å². The molecule has 1 rings (SSSR count). The van der Waals surface area contributed by atoms with Gasteiger partial charge in [0.05, 0.1) is 12.1 Å². The predicted molar refractivity (Wildman–Crippen MR) is 54.8 cm³/mol. The number of carboxylic acid groups (broad SMARTS) is 1. The van der Waals surface area contributed by atoms with E-state index < -0.39 is 5.97 Å². The summed E-state index contributed by atoms with van der Waals surface area (Å²) in [6.45, 7) is 0.275. The summed E-state index contributed by atoms with van der Waals surface area (Å²) in [5.74, 6) is -1.24. The summed E-state index contributed by atoms with van der Waals surface area (Å²) in [5, 5.41) is 11.2. The molecule has 1 aromatic rings. The quantitative estimate of drug-likeness (QED) is 0.876. The third-order valence-corrected chi connectivity index (χ3v) is 2.27. The van der Waals surface area contributed by atoms with Gasteiger partial charge in [-0.25, -0.2) is 4.39 Å². The van der Waals surface area contributed by atoms with E-state index in [1.165, 1.54) is 12.1 Å². The highest BCUT2D eigenvalue weighted by atomic mass is 79.9. The van der Waals surface area contributed by atoms with Crippen molar-refractivity contribution in [1.29, 1.82) is 0 Å². The fraction of sp³-hybridized carbons (Fsp3) is 0.222. The third kappa shape index (κ3) is 3.33. The van der Waals surface area contributed by atoms with E-state index in [-0.39, 0.29) is 18.8 Å². The molecule has 0 aromatic heterocycles. The minimum absolute atomic E-state index is 0.00293. The molecule has 14 heavy (non-hydrogen) atoms. The minimum atomic E-state index is -0.884. The van der Waals surface area contributed by atoms with Crippen LogP contribution in [-0.4, -0.2) is 17.6 Å². The van der Waals surface area contributed by atoms with Crippen molar-refractivity contribution in [3.63, 3.8) is 0 Å². The SMILES string of the molecule is O=C(O)CCNc1cc(F)ccc1Br. The minimum Gasteiger partial charge on any atom is -0.481 e.